The highest BCUT2D eigenvalue weighted by atomic mass is 32.2. The molecule has 88 valence electrons. The number of ether oxygens (including phenoxy) is 1. The number of hydrogen-bond donors (Lipinski definition) is 0. The minimum Gasteiger partial charge on any atom is -0.612 e. The molecule has 0 saturated heterocycles. The molecule has 1 aromatic heterocycles. The van der Waals surface area contributed by atoms with Crippen molar-refractivity contribution in [3.05, 3.63) is 42.6 Å². The Kier molecular flexibility index (Phi) is 3.66. The van der Waals surface area contributed by atoms with E-state index in [0.717, 1.165) is 21.9 Å². The summed E-state index contributed by atoms with van der Waals surface area (Å²) in [5, 5.41) is 0. The molecule has 0 fully saturated rings. The van der Waals surface area contributed by atoms with Gasteiger partial charge < -0.3 is 9.29 Å². The first-order chi connectivity index (χ1) is 8.22. The van der Waals surface area contributed by atoms with Gasteiger partial charge in [0, 0.05) is 12.3 Å². The molecular formula is C13H13NO2S. The van der Waals surface area contributed by atoms with Gasteiger partial charge in [-0.2, -0.15) is 0 Å². The van der Waals surface area contributed by atoms with Crippen molar-refractivity contribution in [2.24, 2.45) is 0 Å². The van der Waals surface area contributed by atoms with Crippen molar-refractivity contribution in [1.29, 1.82) is 0 Å². The molecule has 0 aliphatic heterocycles. The Labute approximate surface area is 104 Å². The van der Waals surface area contributed by atoms with Gasteiger partial charge in [0.1, 0.15) is 12.0 Å². The van der Waals surface area contributed by atoms with Gasteiger partial charge >= 0.3 is 0 Å². The lowest BCUT2D eigenvalue weighted by molar-refractivity contribution is 0.414. The minimum atomic E-state index is -1.03. The molecule has 0 bridgehead atoms. The molecule has 4 heteroatoms. The number of nitrogens with zero attached hydrogens (tertiary/aromatic N) is 1. The lowest BCUT2D eigenvalue weighted by Crippen LogP contribution is -2.00. The maximum absolute atomic E-state index is 11.6. The molecule has 0 spiro atoms. The first kappa shape index (κ1) is 12.0. The van der Waals surface area contributed by atoms with Gasteiger partial charge in [-0.25, -0.2) is 0 Å². The molecule has 1 atom stereocenters. The zero-order chi connectivity index (χ0) is 12.3. The molecule has 2 rings (SSSR count). The fourth-order valence-corrected chi connectivity index (χ4v) is 2.37. The van der Waals surface area contributed by atoms with Gasteiger partial charge in [-0.05, 0) is 29.4 Å². The van der Waals surface area contributed by atoms with Crippen molar-refractivity contribution in [1.82, 2.24) is 4.98 Å². The zero-order valence-electron chi connectivity index (χ0n) is 9.71. The van der Waals surface area contributed by atoms with Crippen LogP contribution in [0.5, 0.6) is 5.75 Å². The second-order valence-corrected chi connectivity index (χ2v) is 4.88. The van der Waals surface area contributed by atoms with Crippen LogP contribution in [0.25, 0.3) is 11.3 Å². The average molecular weight is 247 g/mol. The van der Waals surface area contributed by atoms with Crippen LogP contribution in [0.4, 0.5) is 0 Å². The van der Waals surface area contributed by atoms with E-state index >= 15 is 0 Å². The predicted octanol–water partition coefficient (Wildman–Crippen LogP) is 2.49. The molecule has 2 aromatic rings. The number of rotatable bonds is 3. The van der Waals surface area contributed by atoms with Crippen LogP contribution in [-0.4, -0.2) is 22.9 Å². The van der Waals surface area contributed by atoms with Crippen molar-refractivity contribution in [3.63, 3.8) is 0 Å². The molecule has 0 radical (unpaired) electrons. The van der Waals surface area contributed by atoms with Crippen LogP contribution < -0.4 is 4.74 Å². The SMILES string of the molecule is COc1ccnc(-c2ccccc2[S+](C)[O-])c1. The van der Waals surface area contributed by atoms with E-state index in [2.05, 4.69) is 4.98 Å². The summed E-state index contributed by atoms with van der Waals surface area (Å²) in [5.41, 5.74) is 1.65. The van der Waals surface area contributed by atoms with E-state index in [4.69, 9.17) is 4.74 Å². The van der Waals surface area contributed by atoms with Crippen molar-refractivity contribution in [3.8, 4) is 17.0 Å². The Morgan fingerprint density at radius 3 is 2.71 bits per heavy atom. The van der Waals surface area contributed by atoms with Crippen molar-refractivity contribution in [2.45, 2.75) is 4.90 Å². The first-order valence-corrected chi connectivity index (χ1v) is 6.71. The fourth-order valence-electron chi connectivity index (χ4n) is 1.61. The van der Waals surface area contributed by atoms with E-state index in [9.17, 15) is 4.55 Å². The van der Waals surface area contributed by atoms with Gasteiger partial charge in [0.25, 0.3) is 0 Å². The lowest BCUT2D eigenvalue weighted by atomic mass is 10.1. The van der Waals surface area contributed by atoms with E-state index < -0.39 is 11.2 Å². The Morgan fingerprint density at radius 2 is 2.00 bits per heavy atom. The van der Waals surface area contributed by atoms with Crippen molar-refractivity contribution in [2.75, 3.05) is 13.4 Å². The Hall–Kier alpha value is -1.52. The highest BCUT2D eigenvalue weighted by Gasteiger charge is 2.13. The molecule has 1 unspecified atom stereocenters. The molecule has 3 nitrogen and oxygen atoms in total. The summed E-state index contributed by atoms with van der Waals surface area (Å²) in [5.74, 6) is 0.742. The Morgan fingerprint density at radius 1 is 1.24 bits per heavy atom. The maximum atomic E-state index is 11.6. The Balaban J connectivity index is 2.52. The molecule has 0 aliphatic carbocycles. The topological polar surface area (TPSA) is 45.2 Å². The first-order valence-electron chi connectivity index (χ1n) is 5.15. The summed E-state index contributed by atoms with van der Waals surface area (Å²) in [4.78, 5) is 5.07. The number of aromatic nitrogens is 1. The van der Waals surface area contributed by atoms with E-state index in [-0.39, 0.29) is 0 Å². The summed E-state index contributed by atoms with van der Waals surface area (Å²) in [6.07, 6.45) is 3.35. The van der Waals surface area contributed by atoms with E-state index in [0.29, 0.717) is 0 Å². The molecule has 0 N–H and O–H groups in total. The van der Waals surface area contributed by atoms with Gasteiger partial charge in [0.15, 0.2) is 4.90 Å². The van der Waals surface area contributed by atoms with Gasteiger partial charge in [-0.1, -0.05) is 12.1 Å². The third kappa shape index (κ3) is 2.60. The van der Waals surface area contributed by atoms with Crippen LogP contribution in [0.3, 0.4) is 0 Å². The van der Waals surface area contributed by atoms with Crippen LogP contribution in [0, 0.1) is 0 Å². The second kappa shape index (κ2) is 5.21. The molecule has 0 aliphatic rings. The zero-order valence-corrected chi connectivity index (χ0v) is 10.5. The summed E-state index contributed by atoms with van der Waals surface area (Å²) in [6.45, 7) is 0. The fraction of sp³-hybridized carbons (Fsp3) is 0.154. The maximum Gasteiger partial charge on any atom is 0.161 e. The summed E-state index contributed by atoms with van der Waals surface area (Å²) >= 11 is -1.03. The van der Waals surface area contributed by atoms with Crippen LogP contribution in [0.15, 0.2) is 47.5 Å². The molecule has 17 heavy (non-hydrogen) atoms. The van der Waals surface area contributed by atoms with Crippen LogP contribution >= 0.6 is 0 Å². The third-order valence-electron chi connectivity index (χ3n) is 2.44. The molecular weight excluding hydrogens is 234 g/mol. The standard InChI is InChI=1S/C13H13NO2S/c1-16-10-7-8-14-12(9-10)11-5-3-4-6-13(11)17(2)15/h3-9H,1-2H3. The normalized spacial score (nSPS) is 12.2. The third-order valence-corrected chi connectivity index (χ3v) is 3.42. The lowest BCUT2D eigenvalue weighted by Gasteiger charge is -2.10. The van der Waals surface area contributed by atoms with Gasteiger partial charge in [-0.3, -0.25) is 4.98 Å². The summed E-state index contributed by atoms with van der Waals surface area (Å²) in [7, 11) is 1.61. The monoisotopic (exact) mass is 247 g/mol. The van der Waals surface area contributed by atoms with Gasteiger partial charge in [0.2, 0.25) is 0 Å². The number of hydrogen-bond acceptors (Lipinski definition) is 3. The average Bonchev–Trinajstić information content (AvgIpc) is 2.39. The summed E-state index contributed by atoms with van der Waals surface area (Å²) < 4.78 is 16.8. The number of pyridine rings is 1. The number of benzene rings is 1. The molecule has 0 saturated carbocycles. The van der Waals surface area contributed by atoms with Gasteiger partial charge in [-0.15, -0.1) is 0 Å². The highest BCUT2D eigenvalue weighted by Crippen LogP contribution is 2.27. The van der Waals surface area contributed by atoms with Crippen LogP contribution in [0.2, 0.25) is 0 Å². The number of methoxy groups -OCH3 is 1. The minimum absolute atomic E-state index is 0.742. The predicted molar refractivity (Wildman–Crippen MR) is 68.6 cm³/mol. The van der Waals surface area contributed by atoms with Crippen molar-refractivity contribution >= 4 is 11.2 Å². The van der Waals surface area contributed by atoms with E-state index in [1.807, 2.05) is 30.3 Å². The summed E-state index contributed by atoms with van der Waals surface area (Å²) in [6, 6.07) is 11.2. The largest absolute Gasteiger partial charge is 0.612 e. The van der Waals surface area contributed by atoms with Crippen molar-refractivity contribution < 1.29 is 9.29 Å². The molecule has 0 amide bonds. The van der Waals surface area contributed by atoms with E-state index in [1.165, 1.54) is 0 Å². The highest BCUT2D eigenvalue weighted by molar-refractivity contribution is 7.90. The smallest absolute Gasteiger partial charge is 0.161 e. The van der Waals surface area contributed by atoms with Crippen LogP contribution in [-0.2, 0) is 11.2 Å². The van der Waals surface area contributed by atoms with E-state index in [1.54, 1.807) is 25.6 Å². The molecule has 1 aromatic carbocycles. The Bertz CT molecular complexity index is 514. The second-order valence-electron chi connectivity index (χ2n) is 3.53. The van der Waals surface area contributed by atoms with Gasteiger partial charge in [0.05, 0.1) is 18.4 Å². The molecule has 1 heterocycles. The van der Waals surface area contributed by atoms with Crippen LogP contribution in [0.1, 0.15) is 0 Å². The quantitative estimate of drug-likeness (QED) is 0.783.